The van der Waals surface area contributed by atoms with Gasteiger partial charge in [-0.1, -0.05) is 6.92 Å². The lowest BCUT2D eigenvalue weighted by Gasteiger charge is -2.45. The fourth-order valence-corrected chi connectivity index (χ4v) is 3.24. The van der Waals surface area contributed by atoms with Crippen LogP contribution in [0, 0.1) is 11.3 Å². The lowest BCUT2D eigenvalue weighted by Crippen LogP contribution is -2.54. The van der Waals surface area contributed by atoms with Crippen molar-refractivity contribution >= 4 is 5.91 Å². The van der Waals surface area contributed by atoms with E-state index in [0.717, 1.165) is 6.42 Å². The summed E-state index contributed by atoms with van der Waals surface area (Å²) < 4.78 is 11.5. The molecule has 0 unspecified atom stereocenters. The number of ether oxygens (including phenoxy) is 2. The van der Waals surface area contributed by atoms with Crippen LogP contribution >= 0.6 is 0 Å². The van der Waals surface area contributed by atoms with Crippen molar-refractivity contribution in [2.45, 2.75) is 44.9 Å². The number of hydrogen-bond donors (Lipinski definition) is 1. The molecule has 0 fully saturated rings. The smallest absolute Gasteiger partial charge is 0.251 e. The molecule has 132 valence electrons. The lowest BCUT2D eigenvalue weighted by molar-refractivity contribution is -0.137. The summed E-state index contributed by atoms with van der Waals surface area (Å²) in [5.41, 5.74) is 0.241. The molecule has 0 bridgehead atoms. The van der Waals surface area contributed by atoms with Gasteiger partial charge in [0.15, 0.2) is 0 Å². The first-order valence-electron chi connectivity index (χ1n) is 8.42. The molecular weight excluding hydrogens is 320 g/mol. The Balaban J connectivity index is 1.98. The number of aliphatic hydroxyl groups is 1. The minimum Gasteiger partial charge on any atom is -0.496 e. The van der Waals surface area contributed by atoms with Crippen LogP contribution in [0.2, 0.25) is 0 Å². The van der Waals surface area contributed by atoms with Crippen LogP contribution in [0.15, 0.2) is 30.0 Å². The van der Waals surface area contributed by atoms with Crippen molar-refractivity contribution in [3.8, 4) is 11.8 Å². The number of rotatable bonds is 4. The van der Waals surface area contributed by atoms with Gasteiger partial charge in [0, 0.05) is 11.6 Å². The number of hydrogen-bond acceptors (Lipinski definition) is 5. The SMILES string of the molecule is CCCOC1=CC(=O)N([C@H]2c3cc(C#N)ccc3OC(C)(C)[C@@H]2O)C1. The van der Waals surface area contributed by atoms with Gasteiger partial charge >= 0.3 is 0 Å². The molecule has 25 heavy (non-hydrogen) atoms. The average Bonchev–Trinajstić information content (AvgIpc) is 2.94. The van der Waals surface area contributed by atoms with Crippen LogP contribution in [-0.2, 0) is 9.53 Å². The van der Waals surface area contributed by atoms with E-state index in [1.807, 2.05) is 6.92 Å². The molecule has 0 saturated heterocycles. The maximum absolute atomic E-state index is 12.5. The van der Waals surface area contributed by atoms with Crippen molar-refractivity contribution < 1.29 is 19.4 Å². The normalized spacial score (nSPS) is 24.2. The summed E-state index contributed by atoms with van der Waals surface area (Å²) in [6.45, 7) is 6.42. The monoisotopic (exact) mass is 342 g/mol. The standard InChI is InChI=1S/C19H22N2O4/c1-4-7-24-13-9-16(22)21(11-13)17-14-8-12(10-20)5-6-15(14)25-19(2,3)18(17)23/h5-6,8-9,17-18,23H,4,7,11H2,1-3H3/t17-,18+/m0/s1. The fraction of sp³-hybridized carbons (Fsp3) is 0.474. The van der Waals surface area contributed by atoms with Crippen LogP contribution in [0.3, 0.4) is 0 Å². The molecule has 3 rings (SSSR count). The third-order valence-electron chi connectivity index (χ3n) is 4.56. The van der Waals surface area contributed by atoms with Crippen molar-refractivity contribution in [3.05, 3.63) is 41.2 Å². The second-order valence-electron chi connectivity index (χ2n) is 6.88. The summed E-state index contributed by atoms with van der Waals surface area (Å²) in [5.74, 6) is 0.970. The minimum atomic E-state index is -0.934. The van der Waals surface area contributed by atoms with Crippen LogP contribution in [0.25, 0.3) is 0 Å². The number of carbonyl (C=O) groups is 1. The first-order chi connectivity index (χ1) is 11.9. The molecule has 6 nitrogen and oxygen atoms in total. The van der Waals surface area contributed by atoms with E-state index >= 15 is 0 Å². The highest BCUT2D eigenvalue weighted by Crippen LogP contribution is 2.44. The Bertz CT molecular complexity index is 763. The zero-order valence-electron chi connectivity index (χ0n) is 14.7. The van der Waals surface area contributed by atoms with E-state index in [1.54, 1.807) is 36.9 Å². The van der Waals surface area contributed by atoms with Gasteiger partial charge in [-0.25, -0.2) is 0 Å². The maximum Gasteiger partial charge on any atom is 0.251 e. The molecule has 6 heteroatoms. The number of nitriles is 1. The summed E-state index contributed by atoms with van der Waals surface area (Å²) >= 11 is 0. The predicted octanol–water partition coefficient (Wildman–Crippen LogP) is 2.28. The summed E-state index contributed by atoms with van der Waals surface area (Å²) in [6.07, 6.45) is 1.39. The molecule has 2 aliphatic rings. The highest BCUT2D eigenvalue weighted by Gasteiger charge is 2.47. The predicted molar refractivity (Wildman–Crippen MR) is 90.7 cm³/mol. The van der Waals surface area contributed by atoms with Crippen molar-refractivity contribution in [1.82, 2.24) is 4.90 Å². The van der Waals surface area contributed by atoms with Crippen LogP contribution in [0.5, 0.6) is 5.75 Å². The van der Waals surface area contributed by atoms with E-state index < -0.39 is 17.7 Å². The van der Waals surface area contributed by atoms with E-state index in [2.05, 4.69) is 6.07 Å². The Kier molecular flexibility index (Phi) is 4.44. The van der Waals surface area contributed by atoms with Gasteiger partial charge < -0.3 is 19.5 Å². The third kappa shape index (κ3) is 3.08. The lowest BCUT2D eigenvalue weighted by atomic mass is 9.85. The zero-order valence-corrected chi connectivity index (χ0v) is 14.7. The molecule has 2 atom stereocenters. The first-order valence-corrected chi connectivity index (χ1v) is 8.42. The van der Waals surface area contributed by atoms with Crippen molar-refractivity contribution in [1.29, 1.82) is 5.26 Å². The molecule has 0 spiro atoms. The number of aliphatic hydroxyl groups excluding tert-OH is 1. The quantitative estimate of drug-likeness (QED) is 0.908. The maximum atomic E-state index is 12.5. The van der Waals surface area contributed by atoms with Gasteiger partial charge in [-0.15, -0.1) is 0 Å². The number of amides is 1. The van der Waals surface area contributed by atoms with E-state index in [-0.39, 0.29) is 5.91 Å². The minimum absolute atomic E-state index is 0.207. The topological polar surface area (TPSA) is 82.8 Å². The first kappa shape index (κ1) is 17.3. The summed E-state index contributed by atoms with van der Waals surface area (Å²) in [5, 5.41) is 20.1. The highest BCUT2D eigenvalue weighted by atomic mass is 16.5. The van der Waals surface area contributed by atoms with Gasteiger partial charge in [0.05, 0.1) is 30.8 Å². The summed E-state index contributed by atoms with van der Waals surface area (Å²) in [4.78, 5) is 14.1. The van der Waals surface area contributed by atoms with Crippen LogP contribution in [0.1, 0.15) is 44.4 Å². The van der Waals surface area contributed by atoms with Crippen molar-refractivity contribution in [2.24, 2.45) is 0 Å². The largest absolute Gasteiger partial charge is 0.496 e. The van der Waals surface area contributed by atoms with Crippen LogP contribution < -0.4 is 4.74 Å². The molecule has 1 aromatic rings. The Morgan fingerprint density at radius 1 is 1.48 bits per heavy atom. The zero-order chi connectivity index (χ0) is 18.2. The van der Waals surface area contributed by atoms with Crippen molar-refractivity contribution in [2.75, 3.05) is 13.2 Å². The summed E-state index contributed by atoms with van der Waals surface area (Å²) in [7, 11) is 0. The Labute approximate surface area is 147 Å². The van der Waals surface area contributed by atoms with E-state index in [4.69, 9.17) is 9.47 Å². The van der Waals surface area contributed by atoms with Gasteiger partial charge in [0.1, 0.15) is 23.2 Å². The number of nitrogens with zero attached hydrogens (tertiary/aromatic N) is 2. The molecule has 2 aliphatic heterocycles. The molecular formula is C19H22N2O4. The van der Waals surface area contributed by atoms with Gasteiger partial charge in [-0.3, -0.25) is 4.79 Å². The fourth-order valence-electron chi connectivity index (χ4n) is 3.24. The Hall–Kier alpha value is -2.52. The molecule has 2 heterocycles. The van der Waals surface area contributed by atoms with Crippen LogP contribution in [-0.4, -0.2) is 40.8 Å². The second-order valence-corrected chi connectivity index (χ2v) is 6.88. The molecule has 0 radical (unpaired) electrons. The number of fused-ring (bicyclic) bond motifs is 1. The number of benzene rings is 1. The third-order valence-corrected chi connectivity index (χ3v) is 4.56. The molecule has 1 amide bonds. The van der Waals surface area contributed by atoms with Gasteiger partial charge in [0.2, 0.25) is 0 Å². The molecule has 1 N–H and O–H groups in total. The Morgan fingerprint density at radius 2 is 2.24 bits per heavy atom. The molecule has 0 aromatic heterocycles. The van der Waals surface area contributed by atoms with Gasteiger partial charge in [-0.05, 0) is 38.5 Å². The van der Waals surface area contributed by atoms with E-state index in [1.165, 1.54) is 6.08 Å². The molecule has 0 aliphatic carbocycles. The van der Waals surface area contributed by atoms with E-state index in [9.17, 15) is 15.2 Å². The Morgan fingerprint density at radius 3 is 2.92 bits per heavy atom. The number of carbonyl (C=O) groups excluding carboxylic acids is 1. The second kappa shape index (κ2) is 6.41. The van der Waals surface area contributed by atoms with Crippen LogP contribution in [0.4, 0.5) is 0 Å². The average molecular weight is 342 g/mol. The summed E-state index contributed by atoms with van der Waals surface area (Å²) in [6, 6.07) is 6.56. The molecule has 0 saturated carbocycles. The van der Waals surface area contributed by atoms with E-state index in [0.29, 0.717) is 35.8 Å². The van der Waals surface area contributed by atoms with Gasteiger partial charge in [-0.2, -0.15) is 5.26 Å². The van der Waals surface area contributed by atoms with Crippen molar-refractivity contribution in [3.63, 3.8) is 0 Å². The molecule has 1 aromatic carbocycles. The highest BCUT2D eigenvalue weighted by molar-refractivity contribution is 5.91. The van der Waals surface area contributed by atoms with Gasteiger partial charge in [0.25, 0.3) is 5.91 Å².